The quantitative estimate of drug-likeness (QED) is 0.893. The van der Waals surface area contributed by atoms with Crippen molar-refractivity contribution in [3.05, 3.63) is 35.4 Å². The topological polar surface area (TPSA) is 15.3 Å². The van der Waals surface area contributed by atoms with Gasteiger partial charge in [0, 0.05) is 18.6 Å². The first-order valence-corrected chi connectivity index (χ1v) is 7.91. The summed E-state index contributed by atoms with van der Waals surface area (Å²) in [6.45, 7) is 5.96. The molecule has 0 amide bonds. The standard InChI is InChI=1S/C17H26N2/c1-2-9-18-16-8-5-10-19(13-16)17-11-14-6-3-4-7-15(14)12-17/h3-4,6-7,16-18H,2,5,8-13H2,1H3. The lowest BCUT2D eigenvalue weighted by Crippen LogP contribution is -2.50. The van der Waals surface area contributed by atoms with Crippen LogP contribution >= 0.6 is 0 Å². The van der Waals surface area contributed by atoms with Crippen molar-refractivity contribution in [3.8, 4) is 0 Å². The zero-order valence-electron chi connectivity index (χ0n) is 12.1. The predicted octanol–water partition coefficient (Wildman–Crippen LogP) is 2.62. The number of benzene rings is 1. The number of nitrogens with one attached hydrogen (secondary N) is 1. The number of fused-ring (bicyclic) bond motifs is 1. The number of hydrogen-bond acceptors (Lipinski definition) is 2. The Morgan fingerprint density at radius 3 is 2.63 bits per heavy atom. The molecule has 1 unspecified atom stereocenters. The molecule has 0 radical (unpaired) electrons. The van der Waals surface area contributed by atoms with Crippen molar-refractivity contribution in [3.63, 3.8) is 0 Å². The van der Waals surface area contributed by atoms with Crippen LogP contribution in [0.2, 0.25) is 0 Å². The van der Waals surface area contributed by atoms with Crippen LogP contribution in [0.15, 0.2) is 24.3 Å². The summed E-state index contributed by atoms with van der Waals surface area (Å²) < 4.78 is 0. The van der Waals surface area contributed by atoms with Crippen molar-refractivity contribution in [1.29, 1.82) is 0 Å². The van der Waals surface area contributed by atoms with Gasteiger partial charge in [0.2, 0.25) is 0 Å². The highest BCUT2D eigenvalue weighted by atomic mass is 15.2. The van der Waals surface area contributed by atoms with E-state index in [0.717, 1.165) is 12.1 Å². The largest absolute Gasteiger partial charge is 0.313 e. The summed E-state index contributed by atoms with van der Waals surface area (Å²) in [5.74, 6) is 0. The molecule has 19 heavy (non-hydrogen) atoms. The molecule has 2 heteroatoms. The maximum atomic E-state index is 3.70. The van der Waals surface area contributed by atoms with Gasteiger partial charge in [-0.3, -0.25) is 4.90 Å². The average Bonchev–Trinajstić information content (AvgIpc) is 2.89. The average molecular weight is 258 g/mol. The second kappa shape index (κ2) is 6.06. The van der Waals surface area contributed by atoms with Crippen LogP contribution < -0.4 is 5.32 Å². The van der Waals surface area contributed by atoms with Crippen molar-refractivity contribution >= 4 is 0 Å². The molecule has 1 fully saturated rings. The molecule has 2 aliphatic rings. The zero-order valence-corrected chi connectivity index (χ0v) is 12.1. The first kappa shape index (κ1) is 13.1. The highest BCUT2D eigenvalue weighted by Crippen LogP contribution is 2.27. The number of hydrogen-bond donors (Lipinski definition) is 1. The Labute approximate surface area is 117 Å². The van der Waals surface area contributed by atoms with Gasteiger partial charge in [-0.25, -0.2) is 0 Å². The minimum Gasteiger partial charge on any atom is -0.313 e. The van der Waals surface area contributed by atoms with Crippen LogP contribution in [0.5, 0.6) is 0 Å². The Balaban J connectivity index is 1.58. The van der Waals surface area contributed by atoms with E-state index in [4.69, 9.17) is 0 Å². The van der Waals surface area contributed by atoms with Crippen LogP contribution in [0.1, 0.15) is 37.3 Å². The van der Waals surface area contributed by atoms with E-state index in [1.807, 2.05) is 0 Å². The Morgan fingerprint density at radius 1 is 1.21 bits per heavy atom. The highest BCUT2D eigenvalue weighted by molar-refractivity contribution is 5.33. The molecular weight excluding hydrogens is 232 g/mol. The molecule has 0 bridgehead atoms. The third kappa shape index (κ3) is 3.01. The van der Waals surface area contributed by atoms with Crippen LogP contribution in [0, 0.1) is 0 Å². The molecule has 1 aliphatic heterocycles. The molecule has 1 N–H and O–H groups in total. The third-order valence-corrected chi connectivity index (χ3v) is 4.68. The van der Waals surface area contributed by atoms with Crippen molar-refractivity contribution in [2.75, 3.05) is 19.6 Å². The maximum absolute atomic E-state index is 3.70. The number of piperidine rings is 1. The fraction of sp³-hybridized carbons (Fsp3) is 0.647. The van der Waals surface area contributed by atoms with E-state index < -0.39 is 0 Å². The number of rotatable bonds is 4. The van der Waals surface area contributed by atoms with Crippen LogP contribution in [-0.4, -0.2) is 36.6 Å². The summed E-state index contributed by atoms with van der Waals surface area (Å²) in [7, 11) is 0. The van der Waals surface area contributed by atoms with Crippen LogP contribution in [0.25, 0.3) is 0 Å². The normalized spacial score (nSPS) is 24.6. The smallest absolute Gasteiger partial charge is 0.0195 e. The Bertz CT molecular complexity index is 390. The van der Waals surface area contributed by atoms with Gasteiger partial charge < -0.3 is 5.32 Å². The summed E-state index contributed by atoms with van der Waals surface area (Å²) in [5, 5.41) is 3.70. The van der Waals surface area contributed by atoms with Gasteiger partial charge in [-0.1, -0.05) is 31.2 Å². The maximum Gasteiger partial charge on any atom is 0.0195 e. The molecule has 2 nitrogen and oxygen atoms in total. The zero-order chi connectivity index (χ0) is 13.1. The van der Waals surface area contributed by atoms with E-state index in [1.165, 1.54) is 51.7 Å². The van der Waals surface area contributed by atoms with Crippen molar-refractivity contribution in [2.45, 2.75) is 51.1 Å². The molecule has 0 saturated carbocycles. The molecule has 1 atom stereocenters. The van der Waals surface area contributed by atoms with E-state index in [2.05, 4.69) is 41.4 Å². The van der Waals surface area contributed by atoms with E-state index in [0.29, 0.717) is 0 Å². The minimum absolute atomic E-state index is 0.720. The third-order valence-electron chi connectivity index (χ3n) is 4.68. The van der Waals surface area contributed by atoms with Gasteiger partial charge in [0.1, 0.15) is 0 Å². The monoisotopic (exact) mass is 258 g/mol. The molecule has 3 rings (SSSR count). The van der Waals surface area contributed by atoms with Crippen molar-refractivity contribution in [1.82, 2.24) is 10.2 Å². The molecule has 1 aromatic rings. The molecule has 0 aromatic heterocycles. The fourth-order valence-corrected chi connectivity index (χ4v) is 3.65. The summed E-state index contributed by atoms with van der Waals surface area (Å²) in [5.41, 5.74) is 3.16. The first-order chi connectivity index (χ1) is 9.36. The summed E-state index contributed by atoms with van der Waals surface area (Å²) in [6.07, 6.45) is 6.48. The predicted molar refractivity (Wildman–Crippen MR) is 80.5 cm³/mol. The van der Waals surface area contributed by atoms with Gasteiger partial charge in [-0.2, -0.15) is 0 Å². The van der Waals surface area contributed by atoms with Gasteiger partial charge >= 0.3 is 0 Å². The SMILES string of the molecule is CCCNC1CCCN(C2Cc3ccccc3C2)C1. The van der Waals surface area contributed by atoms with E-state index in [9.17, 15) is 0 Å². The summed E-state index contributed by atoms with van der Waals surface area (Å²) in [6, 6.07) is 10.5. The van der Waals surface area contributed by atoms with Crippen molar-refractivity contribution in [2.24, 2.45) is 0 Å². The Hall–Kier alpha value is -0.860. The lowest BCUT2D eigenvalue weighted by atomic mass is 10.0. The minimum atomic E-state index is 0.720. The van der Waals surface area contributed by atoms with Crippen LogP contribution in [0.4, 0.5) is 0 Å². The molecule has 0 spiro atoms. The lowest BCUT2D eigenvalue weighted by Gasteiger charge is -2.37. The first-order valence-electron chi connectivity index (χ1n) is 7.91. The highest BCUT2D eigenvalue weighted by Gasteiger charge is 2.29. The molecule has 1 heterocycles. The van der Waals surface area contributed by atoms with Crippen molar-refractivity contribution < 1.29 is 0 Å². The van der Waals surface area contributed by atoms with E-state index in [-0.39, 0.29) is 0 Å². The fourth-order valence-electron chi connectivity index (χ4n) is 3.65. The van der Waals surface area contributed by atoms with Gasteiger partial charge in [0.15, 0.2) is 0 Å². The molecule has 1 aromatic carbocycles. The van der Waals surface area contributed by atoms with Crippen LogP contribution in [-0.2, 0) is 12.8 Å². The molecule has 1 aliphatic carbocycles. The van der Waals surface area contributed by atoms with Gasteiger partial charge in [-0.05, 0) is 56.3 Å². The van der Waals surface area contributed by atoms with Crippen LogP contribution in [0.3, 0.4) is 0 Å². The molecule has 104 valence electrons. The van der Waals surface area contributed by atoms with E-state index >= 15 is 0 Å². The summed E-state index contributed by atoms with van der Waals surface area (Å²) >= 11 is 0. The van der Waals surface area contributed by atoms with E-state index in [1.54, 1.807) is 11.1 Å². The molecular formula is C17H26N2. The number of likely N-dealkylation sites (tertiary alicyclic amines) is 1. The molecule has 1 saturated heterocycles. The Kier molecular flexibility index (Phi) is 4.19. The van der Waals surface area contributed by atoms with Gasteiger partial charge in [0.05, 0.1) is 0 Å². The second-order valence-electron chi connectivity index (χ2n) is 6.12. The number of nitrogens with zero attached hydrogens (tertiary/aromatic N) is 1. The summed E-state index contributed by atoms with van der Waals surface area (Å²) in [4.78, 5) is 2.73. The lowest BCUT2D eigenvalue weighted by molar-refractivity contribution is 0.141. The Morgan fingerprint density at radius 2 is 1.95 bits per heavy atom. The van der Waals surface area contributed by atoms with Gasteiger partial charge in [0.25, 0.3) is 0 Å². The second-order valence-corrected chi connectivity index (χ2v) is 6.12. The van der Waals surface area contributed by atoms with Gasteiger partial charge in [-0.15, -0.1) is 0 Å².